The van der Waals surface area contributed by atoms with Gasteiger partial charge in [-0.15, -0.1) is 0 Å². The molecule has 2 aromatic carbocycles. The molecule has 0 aliphatic heterocycles. The Balaban J connectivity index is 1.79. The minimum absolute atomic E-state index is 0.0781. The second kappa shape index (κ2) is 9.08. The second-order valence-corrected chi connectivity index (χ2v) is 6.84. The van der Waals surface area contributed by atoms with E-state index in [4.69, 9.17) is 9.47 Å². The molecule has 146 valence electrons. The highest BCUT2D eigenvalue weighted by atomic mass is 16.5. The molecule has 0 bridgehead atoms. The van der Waals surface area contributed by atoms with Gasteiger partial charge in [0.15, 0.2) is 0 Å². The van der Waals surface area contributed by atoms with E-state index in [0.717, 1.165) is 22.9 Å². The van der Waals surface area contributed by atoms with Gasteiger partial charge in [-0.1, -0.05) is 24.3 Å². The maximum absolute atomic E-state index is 5.86. The molecule has 0 unspecified atom stereocenters. The molecule has 3 aromatic rings. The third-order valence-electron chi connectivity index (χ3n) is 3.66. The van der Waals surface area contributed by atoms with E-state index < -0.39 is 0 Å². The topological polar surface area (TPSA) is 68.3 Å². The molecule has 0 aliphatic rings. The maximum Gasteiger partial charge on any atom is 0.229 e. The van der Waals surface area contributed by atoms with Gasteiger partial charge in [-0.2, -0.15) is 4.98 Å². The Morgan fingerprint density at radius 2 is 1.25 bits per heavy atom. The van der Waals surface area contributed by atoms with Crippen LogP contribution in [0.4, 0.5) is 23.1 Å². The van der Waals surface area contributed by atoms with Gasteiger partial charge in [0.2, 0.25) is 5.95 Å². The van der Waals surface area contributed by atoms with E-state index in [1.54, 1.807) is 6.20 Å². The summed E-state index contributed by atoms with van der Waals surface area (Å²) in [5.74, 6) is 2.68. The summed E-state index contributed by atoms with van der Waals surface area (Å²) in [4.78, 5) is 8.88. The average Bonchev–Trinajstić information content (AvgIpc) is 2.64. The van der Waals surface area contributed by atoms with E-state index in [0.29, 0.717) is 11.8 Å². The van der Waals surface area contributed by atoms with Crippen LogP contribution in [0, 0.1) is 0 Å². The molecule has 1 aromatic heterocycles. The SMILES string of the molecule is CC(C)Oc1ccccc1Nc1ccnc(Nc2ccccc2OC(C)C)n1. The number of para-hydroxylation sites is 4. The number of nitrogens with one attached hydrogen (secondary N) is 2. The van der Waals surface area contributed by atoms with Crippen molar-refractivity contribution < 1.29 is 9.47 Å². The molecule has 0 saturated carbocycles. The molecule has 6 nitrogen and oxygen atoms in total. The summed E-state index contributed by atoms with van der Waals surface area (Å²) in [7, 11) is 0. The minimum Gasteiger partial charge on any atom is -0.489 e. The lowest BCUT2D eigenvalue weighted by molar-refractivity contribution is 0.243. The Morgan fingerprint density at radius 3 is 1.82 bits per heavy atom. The van der Waals surface area contributed by atoms with E-state index in [-0.39, 0.29) is 12.2 Å². The van der Waals surface area contributed by atoms with Gasteiger partial charge in [0.1, 0.15) is 17.3 Å². The standard InChI is InChI=1S/C22H26N4O2/c1-15(2)27-19-11-7-5-9-17(19)24-21-13-14-23-22(26-21)25-18-10-6-8-12-20(18)28-16(3)4/h5-16H,1-4H3,(H2,23,24,25,26). The zero-order valence-corrected chi connectivity index (χ0v) is 16.6. The lowest BCUT2D eigenvalue weighted by Gasteiger charge is -2.16. The zero-order chi connectivity index (χ0) is 19.9. The number of nitrogens with zero attached hydrogens (tertiary/aromatic N) is 2. The molecule has 0 atom stereocenters. The van der Waals surface area contributed by atoms with Crippen LogP contribution in [0.25, 0.3) is 0 Å². The molecular formula is C22H26N4O2. The summed E-state index contributed by atoms with van der Waals surface area (Å²) in [5.41, 5.74) is 1.67. The Hall–Kier alpha value is -3.28. The van der Waals surface area contributed by atoms with E-state index in [1.165, 1.54) is 0 Å². The monoisotopic (exact) mass is 378 g/mol. The average molecular weight is 378 g/mol. The van der Waals surface area contributed by atoms with Crippen molar-refractivity contribution in [2.75, 3.05) is 10.6 Å². The van der Waals surface area contributed by atoms with Crippen LogP contribution in [0.1, 0.15) is 27.7 Å². The minimum atomic E-state index is 0.0781. The number of hydrogen-bond acceptors (Lipinski definition) is 6. The fourth-order valence-corrected chi connectivity index (χ4v) is 2.60. The molecule has 0 amide bonds. The molecule has 0 fully saturated rings. The molecule has 1 heterocycles. The molecule has 0 spiro atoms. The second-order valence-electron chi connectivity index (χ2n) is 6.84. The number of rotatable bonds is 8. The largest absolute Gasteiger partial charge is 0.489 e. The highest BCUT2D eigenvalue weighted by Gasteiger charge is 2.09. The van der Waals surface area contributed by atoms with Crippen molar-refractivity contribution in [3.8, 4) is 11.5 Å². The number of ether oxygens (including phenoxy) is 2. The van der Waals surface area contributed by atoms with Gasteiger partial charge in [0.25, 0.3) is 0 Å². The summed E-state index contributed by atoms with van der Waals surface area (Å²) in [6.07, 6.45) is 1.87. The number of benzene rings is 2. The van der Waals surface area contributed by atoms with Gasteiger partial charge in [-0.25, -0.2) is 4.98 Å². The zero-order valence-electron chi connectivity index (χ0n) is 16.6. The van der Waals surface area contributed by atoms with Crippen molar-refractivity contribution in [2.45, 2.75) is 39.9 Å². The fraction of sp³-hybridized carbons (Fsp3) is 0.273. The molecule has 3 rings (SSSR count). The van der Waals surface area contributed by atoms with Gasteiger partial charge in [0.05, 0.1) is 23.6 Å². The predicted molar refractivity (Wildman–Crippen MR) is 113 cm³/mol. The van der Waals surface area contributed by atoms with Gasteiger partial charge in [-0.3, -0.25) is 0 Å². The third kappa shape index (κ3) is 5.36. The fourth-order valence-electron chi connectivity index (χ4n) is 2.60. The van der Waals surface area contributed by atoms with Crippen molar-refractivity contribution in [1.82, 2.24) is 9.97 Å². The smallest absolute Gasteiger partial charge is 0.229 e. The first-order chi connectivity index (χ1) is 13.5. The van der Waals surface area contributed by atoms with Crippen LogP contribution in [0.2, 0.25) is 0 Å². The lowest BCUT2D eigenvalue weighted by Crippen LogP contribution is -2.09. The Bertz CT molecular complexity index is 842. The van der Waals surface area contributed by atoms with Crippen LogP contribution in [-0.2, 0) is 0 Å². The Kier molecular flexibility index (Phi) is 6.32. The number of aromatic nitrogens is 2. The summed E-state index contributed by atoms with van der Waals surface area (Å²) in [6.45, 7) is 7.99. The quantitative estimate of drug-likeness (QED) is 0.536. The predicted octanol–water partition coefficient (Wildman–Crippen LogP) is 5.54. The van der Waals surface area contributed by atoms with Crippen LogP contribution < -0.4 is 20.1 Å². The Labute approximate surface area is 166 Å². The number of anilines is 4. The van der Waals surface area contributed by atoms with E-state index >= 15 is 0 Å². The molecule has 6 heteroatoms. The van der Waals surface area contributed by atoms with Crippen LogP contribution in [-0.4, -0.2) is 22.2 Å². The third-order valence-corrected chi connectivity index (χ3v) is 3.66. The van der Waals surface area contributed by atoms with Crippen molar-refractivity contribution >= 4 is 23.1 Å². The van der Waals surface area contributed by atoms with Crippen molar-refractivity contribution in [3.63, 3.8) is 0 Å². The summed E-state index contributed by atoms with van der Waals surface area (Å²) in [5, 5.41) is 6.54. The van der Waals surface area contributed by atoms with Crippen LogP contribution in [0.5, 0.6) is 11.5 Å². The van der Waals surface area contributed by atoms with Crippen molar-refractivity contribution in [2.24, 2.45) is 0 Å². The van der Waals surface area contributed by atoms with Crippen LogP contribution >= 0.6 is 0 Å². The summed E-state index contributed by atoms with van der Waals surface area (Å²) in [6, 6.07) is 17.3. The van der Waals surface area contributed by atoms with Gasteiger partial charge in [0, 0.05) is 6.20 Å². The molecular weight excluding hydrogens is 352 g/mol. The van der Waals surface area contributed by atoms with Gasteiger partial charge >= 0.3 is 0 Å². The highest BCUT2D eigenvalue weighted by Crippen LogP contribution is 2.29. The van der Waals surface area contributed by atoms with Crippen molar-refractivity contribution in [3.05, 3.63) is 60.8 Å². The van der Waals surface area contributed by atoms with Crippen molar-refractivity contribution in [1.29, 1.82) is 0 Å². The molecule has 28 heavy (non-hydrogen) atoms. The maximum atomic E-state index is 5.86. The van der Waals surface area contributed by atoms with E-state index in [9.17, 15) is 0 Å². The number of hydrogen-bond donors (Lipinski definition) is 2. The summed E-state index contributed by atoms with van der Waals surface area (Å²) >= 11 is 0. The first-order valence-corrected chi connectivity index (χ1v) is 9.39. The van der Waals surface area contributed by atoms with E-state index in [1.807, 2.05) is 82.3 Å². The first kappa shape index (κ1) is 19.5. The van der Waals surface area contributed by atoms with Crippen LogP contribution in [0.3, 0.4) is 0 Å². The van der Waals surface area contributed by atoms with E-state index in [2.05, 4.69) is 20.6 Å². The van der Waals surface area contributed by atoms with Gasteiger partial charge < -0.3 is 20.1 Å². The Morgan fingerprint density at radius 1 is 0.714 bits per heavy atom. The summed E-state index contributed by atoms with van der Waals surface area (Å²) < 4.78 is 11.7. The lowest BCUT2D eigenvalue weighted by atomic mass is 10.3. The first-order valence-electron chi connectivity index (χ1n) is 9.39. The van der Waals surface area contributed by atoms with Gasteiger partial charge in [-0.05, 0) is 58.0 Å². The molecule has 2 N–H and O–H groups in total. The van der Waals surface area contributed by atoms with Crippen LogP contribution in [0.15, 0.2) is 60.8 Å². The highest BCUT2D eigenvalue weighted by molar-refractivity contribution is 5.66. The molecule has 0 radical (unpaired) electrons. The normalized spacial score (nSPS) is 10.8. The molecule has 0 saturated heterocycles. The molecule has 0 aliphatic carbocycles.